The van der Waals surface area contributed by atoms with Gasteiger partial charge in [-0.3, -0.25) is 0 Å². The van der Waals surface area contributed by atoms with Gasteiger partial charge in [-0.1, -0.05) is 34.4 Å². The summed E-state index contributed by atoms with van der Waals surface area (Å²) in [7, 11) is 0. The third-order valence-corrected chi connectivity index (χ3v) is 3.97. The van der Waals surface area contributed by atoms with Crippen molar-refractivity contribution in [2.75, 3.05) is 6.54 Å². The number of β-amino-alcohol motifs (C(OH)–C–C–N with tert-alkyl or cyclic N) is 1. The monoisotopic (exact) mass is 313 g/mol. The SMILES string of the molecule is O[C@@H]1CN[C@H](c2nc(Cc3ccc(Cl)c(Cl)c3)no2)C1. The zero-order chi connectivity index (χ0) is 14.1. The molecule has 0 bridgehead atoms. The number of benzene rings is 1. The molecule has 0 radical (unpaired) electrons. The molecule has 106 valence electrons. The van der Waals surface area contributed by atoms with Crippen LogP contribution < -0.4 is 5.32 Å². The summed E-state index contributed by atoms with van der Waals surface area (Å²) in [6.45, 7) is 0.551. The molecule has 0 aliphatic carbocycles. The van der Waals surface area contributed by atoms with Gasteiger partial charge in [0, 0.05) is 13.0 Å². The molecule has 7 heteroatoms. The van der Waals surface area contributed by atoms with Gasteiger partial charge in [0.2, 0.25) is 5.89 Å². The second-order valence-corrected chi connectivity index (χ2v) is 5.64. The lowest BCUT2D eigenvalue weighted by Crippen LogP contribution is -2.15. The van der Waals surface area contributed by atoms with Crippen LogP contribution >= 0.6 is 23.2 Å². The van der Waals surface area contributed by atoms with Crippen molar-refractivity contribution in [3.8, 4) is 0 Å². The third-order valence-electron chi connectivity index (χ3n) is 3.24. The Kier molecular flexibility index (Phi) is 3.94. The number of aromatic nitrogens is 2. The van der Waals surface area contributed by atoms with Gasteiger partial charge in [0.15, 0.2) is 5.82 Å². The standard InChI is InChI=1S/C13H13Cl2N3O2/c14-9-2-1-7(3-10(9)15)4-12-17-13(20-18-12)11-5-8(19)6-16-11/h1-3,8,11,16,19H,4-6H2/t8-,11-/m0/s1. The van der Waals surface area contributed by atoms with Crippen LogP contribution in [0, 0.1) is 0 Å². The summed E-state index contributed by atoms with van der Waals surface area (Å²) >= 11 is 11.8. The Morgan fingerprint density at radius 3 is 2.90 bits per heavy atom. The summed E-state index contributed by atoms with van der Waals surface area (Å²) in [4.78, 5) is 4.35. The van der Waals surface area contributed by atoms with Crippen molar-refractivity contribution in [2.45, 2.75) is 25.0 Å². The Labute approximate surface area is 125 Å². The minimum Gasteiger partial charge on any atom is -0.392 e. The molecule has 3 rings (SSSR count). The first-order chi connectivity index (χ1) is 9.61. The van der Waals surface area contributed by atoms with Crippen LogP contribution in [0.2, 0.25) is 10.0 Å². The van der Waals surface area contributed by atoms with Crippen molar-refractivity contribution < 1.29 is 9.63 Å². The lowest BCUT2D eigenvalue weighted by atomic mass is 10.1. The fourth-order valence-corrected chi connectivity index (χ4v) is 2.54. The number of nitrogens with zero attached hydrogens (tertiary/aromatic N) is 2. The molecule has 2 aromatic rings. The molecule has 2 N–H and O–H groups in total. The fraction of sp³-hybridized carbons (Fsp3) is 0.385. The lowest BCUT2D eigenvalue weighted by molar-refractivity contribution is 0.191. The first-order valence-corrected chi connectivity index (χ1v) is 7.05. The first-order valence-electron chi connectivity index (χ1n) is 6.29. The second-order valence-electron chi connectivity index (χ2n) is 4.82. The van der Waals surface area contributed by atoms with Gasteiger partial charge < -0.3 is 14.9 Å². The number of nitrogens with one attached hydrogen (secondary N) is 1. The molecule has 2 atom stereocenters. The lowest BCUT2D eigenvalue weighted by Gasteiger charge is -2.02. The van der Waals surface area contributed by atoms with Crippen LogP contribution in [0.15, 0.2) is 22.7 Å². The predicted octanol–water partition coefficient (Wildman–Crippen LogP) is 2.36. The Bertz CT molecular complexity index is 617. The molecule has 1 aliphatic heterocycles. The number of hydrogen-bond acceptors (Lipinski definition) is 5. The smallest absolute Gasteiger partial charge is 0.243 e. The minimum atomic E-state index is -0.356. The summed E-state index contributed by atoms with van der Waals surface area (Å²) in [5, 5.41) is 17.6. The van der Waals surface area contributed by atoms with Gasteiger partial charge in [0.1, 0.15) is 0 Å². The average molecular weight is 314 g/mol. The number of halogens is 2. The van der Waals surface area contributed by atoms with E-state index in [1.807, 2.05) is 6.07 Å². The summed E-state index contributed by atoms with van der Waals surface area (Å²) < 4.78 is 5.23. The molecule has 0 amide bonds. The Morgan fingerprint density at radius 1 is 1.35 bits per heavy atom. The molecule has 1 aromatic carbocycles. The van der Waals surface area contributed by atoms with Gasteiger partial charge in [0.05, 0.1) is 22.2 Å². The van der Waals surface area contributed by atoms with Gasteiger partial charge in [-0.25, -0.2) is 0 Å². The van der Waals surface area contributed by atoms with E-state index in [0.717, 1.165) is 5.56 Å². The molecular weight excluding hydrogens is 301 g/mol. The number of rotatable bonds is 3. The second kappa shape index (κ2) is 5.69. The number of aliphatic hydroxyl groups is 1. The van der Waals surface area contributed by atoms with Crippen molar-refractivity contribution in [1.82, 2.24) is 15.5 Å². The molecule has 0 saturated carbocycles. The summed E-state index contributed by atoms with van der Waals surface area (Å²) in [5.74, 6) is 1.10. The van der Waals surface area contributed by atoms with E-state index in [4.69, 9.17) is 27.7 Å². The van der Waals surface area contributed by atoms with E-state index < -0.39 is 0 Å². The van der Waals surface area contributed by atoms with Gasteiger partial charge in [-0.2, -0.15) is 4.98 Å². The largest absolute Gasteiger partial charge is 0.392 e. The van der Waals surface area contributed by atoms with Crippen molar-refractivity contribution in [1.29, 1.82) is 0 Å². The Morgan fingerprint density at radius 2 is 2.20 bits per heavy atom. The molecule has 0 unspecified atom stereocenters. The van der Waals surface area contributed by atoms with E-state index in [2.05, 4.69) is 15.5 Å². The van der Waals surface area contributed by atoms with Crippen LogP contribution in [0.5, 0.6) is 0 Å². The van der Waals surface area contributed by atoms with Gasteiger partial charge >= 0.3 is 0 Å². The number of hydrogen-bond donors (Lipinski definition) is 2. The zero-order valence-electron chi connectivity index (χ0n) is 10.5. The summed E-state index contributed by atoms with van der Waals surface area (Å²) in [6.07, 6.45) is 0.759. The van der Waals surface area contributed by atoms with E-state index >= 15 is 0 Å². The van der Waals surface area contributed by atoms with E-state index in [1.165, 1.54) is 0 Å². The van der Waals surface area contributed by atoms with Crippen molar-refractivity contribution in [2.24, 2.45) is 0 Å². The predicted molar refractivity (Wildman–Crippen MR) is 74.9 cm³/mol. The maximum atomic E-state index is 9.48. The molecule has 1 aromatic heterocycles. The highest BCUT2D eigenvalue weighted by Crippen LogP contribution is 2.25. The highest BCUT2D eigenvalue weighted by atomic mass is 35.5. The van der Waals surface area contributed by atoms with Crippen LogP contribution in [-0.4, -0.2) is 27.9 Å². The molecule has 1 saturated heterocycles. The number of aliphatic hydroxyl groups excluding tert-OH is 1. The zero-order valence-corrected chi connectivity index (χ0v) is 12.0. The average Bonchev–Trinajstić information content (AvgIpc) is 3.03. The van der Waals surface area contributed by atoms with Crippen LogP contribution in [-0.2, 0) is 6.42 Å². The minimum absolute atomic E-state index is 0.0694. The van der Waals surface area contributed by atoms with Crippen molar-refractivity contribution in [3.05, 3.63) is 45.5 Å². The Hall–Kier alpha value is -1.14. The topological polar surface area (TPSA) is 71.2 Å². The third kappa shape index (κ3) is 2.96. The van der Waals surface area contributed by atoms with Crippen LogP contribution in [0.4, 0.5) is 0 Å². The highest BCUT2D eigenvalue weighted by molar-refractivity contribution is 6.42. The van der Waals surface area contributed by atoms with Gasteiger partial charge in [-0.15, -0.1) is 0 Å². The van der Waals surface area contributed by atoms with Crippen molar-refractivity contribution >= 4 is 23.2 Å². The van der Waals surface area contributed by atoms with E-state index in [0.29, 0.717) is 41.1 Å². The van der Waals surface area contributed by atoms with E-state index in [1.54, 1.807) is 12.1 Å². The molecule has 20 heavy (non-hydrogen) atoms. The Balaban J connectivity index is 1.72. The van der Waals surface area contributed by atoms with Gasteiger partial charge in [0.25, 0.3) is 0 Å². The molecular formula is C13H13Cl2N3O2. The summed E-state index contributed by atoms with van der Waals surface area (Å²) in [5.41, 5.74) is 0.964. The molecule has 2 heterocycles. The molecule has 5 nitrogen and oxygen atoms in total. The first kappa shape index (κ1) is 13.8. The van der Waals surface area contributed by atoms with Crippen LogP contribution in [0.25, 0.3) is 0 Å². The van der Waals surface area contributed by atoms with Crippen molar-refractivity contribution in [3.63, 3.8) is 0 Å². The highest BCUT2D eigenvalue weighted by Gasteiger charge is 2.28. The quantitative estimate of drug-likeness (QED) is 0.910. The maximum Gasteiger partial charge on any atom is 0.243 e. The van der Waals surface area contributed by atoms with Crippen LogP contribution in [0.1, 0.15) is 29.7 Å². The fourth-order valence-electron chi connectivity index (χ4n) is 2.22. The molecule has 1 fully saturated rings. The normalized spacial score (nSPS) is 22.4. The van der Waals surface area contributed by atoms with Crippen LogP contribution in [0.3, 0.4) is 0 Å². The van der Waals surface area contributed by atoms with Gasteiger partial charge in [-0.05, 0) is 24.1 Å². The molecule has 1 aliphatic rings. The molecule has 0 spiro atoms. The maximum absolute atomic E-state index is 9.48. The summed E-state index contributed by atoms with van der Waals surface area (Å²) in [6, 6.07) is 5.34. The van der Waals surface area contributed by atoms with E-state index in [-0.39, 0.29) is 12.1 Å². The van der Waals surface area contributed by atoms with E-state index in [9.17, 15) is 5.11 Å².